The van der Waals surface area contributed by atoms with Crippen molar-refractivity contribution in [2.45, 2.75) is 12.5 Å². The number of hydrogen-bond donors (Lipinski definition) is 1. The maximum Gasteiger partial charge on any atom is 0.136 e. The average molecular weight is 117 g/mol. The molecule has 0 aliphatic rings. The fraction of sp³-hybridized carbons (Fsp3) is 0.800. The number of nitrogens with two attached hydrogens (primary N) is 1. The zero-order chi connectivity index (χ0) is 6.41. The fourth-order valence-corrected chi connectivity index (χ4v) is 0.322. The first kappa shape index (κ1) is 7.59. The first-order valence-electron chi connectivity index (χ1n) is 2.51. The third kappa shape index (κ3) is 3.77. The Hall–Kier alpha value is -0.410. The molecule has 0 bridgehead atoms. The highest BCUT2D eigenvalue weighted by molar-refractivity contribution is 5.56. The van der Waals surface area contributed by atoms with Crippen LogP contribution in [-0.2, 0) is 9.53 Å². The molecule has 0 amide bonds. The van der Waals surface area contributed by atoms with Crippen molar-refractivity contribution in [2.24, 2.45) is 5.73 Å². The molecule has 3 heteroatoms. The number of ether oxygens (including phenoxy) is 1. The zero-order valence-corrected chi connectivity index (χ0v) is 4.96. The molecule has 0 aliphatic heterocycles. The lowest BCUT2D eigenvalue weighted by Gasteiger charge is -1.99. The second-order valence-corrected chi connectivity index (χ2v) is 1.58. The van der Waals surface area contributed by atoms with Gasteiger partial charge in [-0.25, -0.2) is 0 Å². The number of rotatable bonds is 4. The molecule has 0 rings (SSSR count). The molecular formula is C5H11NO2. The van der Waals surface area contributed by atoms with Crippen LogP contribution in [0.25, 0.3) is 0 Å². The molecule has 0 heterocycles. The smallest absolute Gasteiger partial charge is 0.136 e. The van der Waals surface area contributed by atoms with Crippen LogP contribution in [0.1, 0.15) is 6.42 Å². The van der Waals surface area contributed by atoms with Gasteiger partial charge in [0.15, 0.2) is 0 Å². The Labute approximate surface area is 48.8 Å². The molecule has 48 valence electrons. The highest BCUT2D eigenvalue weighted by Crippen LogP contribution is 1.82. The number of carbonyl (C=O) groups is 1. The predicted octanol–water partition coefficient (Wildman–Crippen LogP) is -0.451. The van der Waals surface area contributed by atoms with Crippen molar-refractivity contribution in [1.82, 2.24) is 0 Å². The number of aldehydes is 1. The van der Waals surface area contributed by atoms with Gasteiger partial charge in [-0.1, -0.05) is 0 Å². The van der Waals surface area contributed by atoms with E-state index in [1.165, 1.54) is 0 Å². The summed E-state index contributed by atoms with van der Waals surface area (Å²) in [5, 5.41) is 0. The molecule has 8 heavy (non-hydrogen) atoms. The maximum atomic E-state index is 9.83. The van der Waals surface area contributed by atoms with Crippen molar-refractivity contribution in [3.8, 4) is 0 Å². The van der Waals surface area contributed by atoms with Crippen LogP contribution in [0.3, 0.4) is 0 Å². The largest absolute Gasteiger partial charge is 0.385 e. The maximum absolute atomic E-state index is 9.83. The van der Waals surface area contributed by atoms with Crippen molar-refractivity contribution in [3.63, 3.8) is 0 Å². The molecule has 1 atom stereocenters. The Morgan fingerprint density at radius 2 is 2.50 bits per heavy atom. The number of methoxy groups -OCH3 is 1. The predicted molar refractivity (Wildman–Crippen MR) is 30.5 cm³/mol. The van der Waals surface area contributed by atoms with Crippen molar-refractivity contribution in [3.05, 3.63) is 0 Å². The van der Waals surface area contributed by atoms with Gasteiger partial charge >= 0.3 is 0 Å². The molecule has 0 unspecified atom stereocenters. The monoisotopic (exact) mass is 117 g/mol. The van der Waals surface area contributed by atoms with E-state index >= 15 is 0 Å². The molecule has 2 N–H and O–H groups in total. The Kier molecular flexibility index (Phi) is 4.50. The van der Waals surface area contributed by atoms with E-state index in [2.05, 4.69) is 4.74 Å². The summed E-state index contributed by atoms with van der Waals surface area (Å²) < 4.78 is 4.68. The van der Waals surface area contributed by atoms with Crippen LogP contribution in [0.2, 0.25) is 0 Å². The number of carbonyl (C=O) groups excluding carboxylic acids is 1. The molecule has 0 saturated heterocycles. The van der Waals surface area contributed by atoms with Crippen LogP contribution in [-0.4, -0.2) is 26.0 Å². The molecule has 0 aromatic carbocycles. The van der Waals surface area contributed by atoms with Gasteiger partial charge in [0.2, 0.25) is 0 Å². The van der Waals surface area contributed by atoms with Crippen LogP contribution < -0.4 is 5.73 Å². The lowest BCUT2D eigenvalue weighted by Crippen LogP contribution is -2.22. The minimum atomic E-state index is -0.352. The Morgan fingerprint density at radius 3 is 2.88 bits per heavy atom. The van der Waals surface area contributed by atoms with E-state index in [0.29, 0.717) is 13.0 Å². The van der Waals surface area contributed by atoms with Crippen molar-refractivity contribution in [1.29, 1.82) is 0 Å². The summed E-state index contributed by atoms with van der Waals surface area (Å²) in [6.45, 7) is 0.555. The van der Waals surface area contributed by atoms with Crippen LogP contribution in [0, 0.1) is 0 Å². The lowest BCUT2D eigenvalue weighted by molar-refractivity contribution is -0.109. The normalized spacial score (nSPS) is 13.2. The Bertz CT molecular complexity index is 65.4. The standard InChI is InChI=1S/C5H11NO2/c1-8-3-2-5(6)4-7/h4-5H,2-3,6H2,1H3/t5-/m1/s1. The lowest BCUT2D eigenvalue weighted by atomic mass is 10.3. The Balaban J connectivity index is 2.98. The molecule has 0 saturated carbocycles. The van der Waals surface area contributed by atoms with E-state index in [4.69, 9.17) is 5.73 Å². The number of hydrogen-bond acceptors (Lipinski definition) is 3. The van der Waals surface area contributed by atoms with Gasteiger partial charge in [-0.15, -0.1) is 0 Å². The van der Waals surface area contributed by atoms with Crippen molar-refractivity contribution < 1.29 is 9.53 Å². The van der Waals surface area contributed by atoms with Crippen LogP contribution in [0.5, 0.6) is 0 Å². The topological polar surface area (TPSA) is 52.3 Å². The van der Waals surface area contributed by atoms with Gasteiger partial charge in [0.25, 0.3) is 0 Å². The molecule has 3 nitrogen and oxygen atoms in total. The van der Waals surface area contributed by atoms with Gasteiger partial charge in [-0.3, -0.25) is 0 Å². The van der Waals surface area contributed by atoms with E-state index in [1.807, 2.05) is 0 Å². The Morgan fingerprint density at radius 1 is 1.88 bits per heavy atom. The van der Waals surface area contributed by atoms with Crippen molar-refractivity contribution in [2.75, 3.05) is 13.7 Å². The molecule has 0 fully saturated rings. The van der Waals surface area contributed by atoms with Gasteiger partial charge in [0.1, 0.15) is 6.29 Å². The first-order valence-corrected chi connectivity index (χ1v) is 2.51. The van der Waals surface area contributed by atoms with Gasteiger partial charge in [-0.2, -0.15) is 0 Å². The summed E-state index contributed by atoms with van der Waals surface area (Å²) >= 11 is 0. The summed E-state index contributed by atoms with van der Waals surface area (Å²) in [5.41, 5.74) is 5.21. The van der Waals surface area contributed by atoms with Gasteiger partial charge < -0.3 is 15.3 Å². The van der Waals surface area contributed by atoms with Gasteiger partial charge in [-0.05, 0) is 6.42 Å². The average Bonchev–Trinajstić information content (AvgIpc) is 1.83. The van der Waals surface area contributed by atoms with Gasteiger partial charge in [0.05, 0.1) is 6.04 Å². The second-order valence-electron chi connectivity index (χ2n) is 1.58. The third-order valence-electron chi connectivity index (χ3n) is 0.830. The fourth-order valence-electron chi connectivity index (χ4n) is 0.322. The van der Waals surface area contributed by atoms with Crippen molar-refractivity contribution >= 4 is 6.29 Å². The molecule has 0 aliphatic carbocycles. The van der Waals surface area contributed by atoms with E-state index in [9.17, 15) is 4.79 Å². The molecule has 0 aromatic heterocycles. The van der Waals surface area contributed by atoms with Crippen LogP contribution in [0.15, 0.2) is 0 Å². The summed E-state index contributed by atoms with van der Waals surface area (Å²) in [7, 11) is 1.58. The molecular weight excluding hydrogens is 106 g/mol. The van der Waals surface area contributed by atoms with E-state index in [0.717, 1.165) is 6.29 Å². The van der Waals surface area contributed by atoms with Crippen LogP contribution in [0.4, 0.5) is 0 Å². The van der Waals surface area contributed by atoms with Crippen LogP contribution >= 0.6 is 0 Å². The highest BCUT2D eigenvalue weighted by Gasteiger charge is 1.95. The summed E-state index contributed by atoms with van der Waals surface area (Å²) in [6, 6.07) is -0.352. The van der Waals surface area contributed by atoms with E-state index in [-0.39, 0.29) is 6.04 Å². The summed E-state index contributed by atoms with van der Waals surface area (Å²) in [4.78, 5) is 9.83. The van der Waals surface area contributed by atoms with E-state index in [1.54, 1.807) is 7.11 Å². The minimum Gasteiger partial charge on any atom is -0.385 e. The minimum absolute atomic E-state index is 0.352. The zero-order valence-electron chi connectivity index (χ0n) is 4.96. The van der Waals surface area contributed by atoms with Gasteiger partial charge in [0, 0.05) is 13.7 Å². The summed E-state index contributed by atoms with van der Waals surface area (Å²) in [5.74, 6) is 0. The molecule has 0 aromatic rings. The third-order valence-corrected chi connectivity index (χ3v) is 0.830. The first-order chi connectivity index (χ1) is 3.81. The second kappa shape index (κ2) is 4.74. The quantitative estimate of drug-likeness (QED) is 0.507. The molecule has 0 spiro atoms. The molecule has 0 radical (unpaired) electrons. The summed E-state index contributed by atoms with van der Waals surface area (Å²) in [6.07, 6.45) is 1.33. The van der Waals surface area contributed by atoms with E-state index < -0.39 is 0 Å². The highest BCUT2D eigenvalue weighted by atomic mass is 16.5. The SMILES string of the molecule is COCC[C@@H](N)C=O.